The lowest BCUT2D eigenvalue weighted by Crippen LogP contribution is -2.48. The zero-order chi connectivity index (χ0) is 23.6. The molecule has 0 bridgehead atoms. The molecule has 176 valence electrons. The Bertz CT molecular complexity index is 1380. The lowest BCUT2D eigenvalue weighted by atomic mass is 10.0. The number of nitrogens with zero attached hydrogens (tertiary/aromatic N) is 7. The van der Waals surface area contributed by atoms with Crippen molar-refractivity contribution >= 4 is 26.7 Å². The number of hydrogen-bond acceptors (Lipinski definition) is 8. The molecule has 0 radical (unpaired) electrons. The van der Waals surface area contributed by atoms with Crippen molar-refractivity contribution in [2.45, 2.75) is 12.6 Å². The van der Waals surface area contributed by atoms with E-state index in [9.17, 15) is 5.11 Å². The zero-order valence-corrected chi connectivity index (χ0v) is 19.9. The van der Waals surface area contributed by atoms with Crippen LogP contribution in [0.1, 0.15) is 23.0 Å². The summed E-state index contributed by atoms with van der Waals surface area (Å²) in [5, 5.41) is 23.8. The maximum atomic E-state index is 9.88. The van der Waals surface area contributed by atoms with Crippen LogP contribution in [0.5, 0.6) is 5.75 Å². The molecule has 1 unspecified atom stereocenters. The molecule has 35 heavy (non-hydrogen) atoms. The molecule has 0 aliphatic carbocycles. The minimum Gasteiger partial charge on any atom is -0.508 e. The third-order valence-electron chi connectivity index (χ3n) is 6.42. The number of phenolic OH excluding ortho intramolecular Hbond substituents is 1. The Morgan fingerprint density at radius 2 is 1.60 bits per heavy atom. The van der Waals surface area contributed by atoms with E-state index in [2.05, 4.69) is 55.7 Å². The van der Waals surface area contributed by atoms with Gasteiger partial charge in [0.15, 0.2) is 11.0 Å². The van der Waals surface area contributed by atoms with Crippen LogP contribution in [0.4, 0.5) is 5.13 Å². The van der Waals surface area contributed by atoms with E-state index in [1.165, 1.54) is 4.70 Å². The number of tetrazole rings is 1. The van der Waals surface area contributed by atoms with Gasteiger partial charge >= 0.3 is 0 Å². The molecule has 5 aromatic rings. The van der Waals surface area contributed by atoms with E-state index in [1.54, 1.807) is 23.5 Å². The highest BCUT2D eigenvalue weighted by Gasteiger charge is 2.31. The van der Waals surface area contributed by atoms with Crippen LogP contribution in [0.25, 0.3) is 10.2 Å². The minimum atomic E-state index is -0.119. The van der Waals surface area contributed by atoms with Gasteiger partial charge in [0, 0.05) is 26.2 Å². The molecule has 1 atom stereocenters. The second-order valence-electron chi connectivity index (χ2n) is 8.66. The van der Waals surface area contributed by atoms with Gasteiger partial charge in [0.05, 0.1) is 22.8 Å². The largest absolute Gasteiger partial charge is 0.508 e. The Morgan fingerprint density at radius 1 is 0.857 bits per heavy atom. The highest BCUT2D eigenvalue weighted by atomic mass is 32.1. The van der Waals surface area contributed by atoms with Crippen molar-refractivity contribution in [3.8, 4) is 5.75 Å². The summed E-state index contributed by atoms with van der Waals surface area (Å²) in [4.78, 5) is 9.63. The summed E-state index contributed by atoms with van der Waals surface area (Å²) >= 11 is 1.74. The van der Waals surface area contributed by atoms with E-state index < -0.39 is 0 Å². The molecule has 8 nitrogen and oxygen atoms in total. The Labute approximate surface area is 207 Å². The van der Waals surface area contributed by atoms with Crippen molar-refractivity contribution < 1.29 is 5.11 Å². The van der Waals surface area contributed by atoms with E-state index in [0.29, 0.717) is 6.54 Å². The lowest BCUT2D eigenvalue weighted by Gasteiger charge is -2.38. The molecule has 1 N–H and O–H groups in total. The van der Waals surface area contributed by atoms with Crippen molar-refractivity contribution in [3.05, 3.63) is 95.8 Å². The summed E-state index contributed by atoms with van der Waals surface area (Å²) < 4.78 is 3.10. The van der Waals surface area contributed by atoms with Crippen LogP contribution in [-0.4, -0.2) is 61.4 Å². The molecule has 0 spiro atoms. The van der Waals surface area contributed by atoms with Gasteiger partial charge in [-0.1, -0.05) is 65.9 Å². The SMILES string of the molecule is Oc1ccc(C(c2nnnn2Cc2ccccc2)N2CCN(c3nc4ccccc4s3)CC2)cc1. The molecule has 1 aliphatic heterocycles. The molecular formula is C26H25N7OS. The third-order valence-corrected chi connectivity index (χ3v) is 7.52. The molecule has 2 aromatic heterocycles. The number of benzene rings is 3. The standard InChI is InChI=1S/C26H25N7OS/c34-21-12-10-20(11-13-21)24(25-28-29-30-33(25)18-19-6-2-1-3-7-19)31-14-16-32(17-15-31)26-27-22-8-4-5-9-23(22)35-26/h1-13,24,34H,14-18H2. The number of piperazine rings is 1. The number of hydrogen-bond donors (Lipinski definition) is 1. The minimum absolute atomic E-state index is 0.119. The normalized spacial score (nSPS) is 15.5. The number of aromatic hydroxyl groups is 1. The van der Waals surface area contributed by atoms with E-state index in [4.69, 9.17) is 4.98 Å². The van der Waals surface area contributed by atoms with Crippen LogP contribution in [-0.2, 0) is 6.54 Å². The van der Waals surface area contributed by atoms with Gasteiger partial charge in [-0.3, -0.25) is 4.90 Å². The molecule has 1 fully saturated rings. The maximum absolute atomic E-state index is 9.88. The topological polar surface area (TPSA) is 83.2 Å². The molecule has 0 amide bonds. The lowest BCUT2D eigenvalue weighted by molar-refractivity contribution is 0.201. The summed E-state index contributed by atoms with van der Waals surface area (Å²) in [6, 6.07) is 25.8. The Balaban J connectivity index is 1.27. The van der Waals surface area contributed by atoms with Gasteiger partial charge in [-0.25, -0.2) is 9.67 Å². The number of anilines is 1. The van der Waals surface area contributed by atoms with E-state index >= 15 is 0 Å². The summed E-state index contributed by atoms with van der Waals surface area (Å²) in [6.07, 6.45) is 0. The molecule has 3 aromatic carbocycles. The second-order valence-corrected chi connectivity index (χ2v) is 9.67. The maximum Gasteiger partial charge on any atom is 0.186 e. The Morgan fingerprint density at radius 3 is 2.37 bits per heavy atom. The second kappa shape index (κ2) is 9.44. The summed E-state index contributed by atoms with van der Waals surface area (Å²) in [6.45, 7) is 4.03. The Kier molecular flexibility index (Phi) is 5.85. The van der Waals surface area contributed by atoms with Crippen LogP contribution in [0, 0.1) is 0 Å². The number of fused-ring (bicyclic) bond motifs is 1. The van der Waals surface area contributed by atoms with Gasteiger partial charge in [-0.05, 0) is 45.8 Å². The molecule has 6 rings (SSSR count). The van der Waals surface area contributed by atoms with Gasteiger partial charge in [-0.2, -0.15) is 0 Å². The van der Waals surface area contributed by atoms with Crippen molar-refractivity contribution in [3.63, 3.8) is 0 Å². The van der Waals surface area contributed by atoms with Gasteiger partial charge < -0.3 is 10.0 Å². The molecular weight excluding hydrogens is 458 g/mol. The smallest absolute Gasteiger partial charge is 0.186 e. The first-order valence-corrected chi connectivity index (χ1v) is 12.5. The van der Waals surface area contributed by atoms with Gasteiger partial charge in [-0.15, -0.1) is 5.10 Å². The first kappa shape index (κ1) is 21.7. The quantitative estimate of drug-likeness (QED) is 0.392. The summed E-state index contributed by atoms with van der Waals surface area (Å²) in [7, 11) is 0. The highest BCUT2D eigenvalue weighted by Crippen LogP contribution is 2.33. The zero-order valence-electron chi connectivity index (χ0n) is 19.1. The number of phenols is 1. The van der Waals surface area contributed by atoms with E-state index in [0.717, 1.165) is 53.8 Å². The number of thiazole rings is 1. The first-order chi connectivity index (χ1) is 17.2. The average Bonchev–Trinajstić information content (AvgIpc) is 3.54. The van der Waals surface area contributed by atoms with Gasteiger partial charge in [0.1, 0.15) is 5.75 Å². The molecule has 1 saturated heterocycles. The predicted molar refractivity (Wildman–Crippen MR) is 137 cm³/mol. The van der Waals surface area contributed by atoms with Crippen molar-refractivity contribution in [1.82, 2.24) is 30.1 Å². The van der Waals surface area contributed by atoms with Gasteiger partial charge in [0.25, 0.3) is 0 Å². The van der Waals surface area contributed by atoms with Crippen LogP contribution >= 0.6 is 11.3 Å². The van der Waals surface area contributed by atoms with Crippen molar-refractivity contribution in [1.29, 1.82) is 0 Å². The van der Waals surface area contributed by atoms with Crippen molar-refractivity contribution in [2.24, 2.45) is 0 Å². The first-order valence-electron chi connectivity index (χ1n) is 11.7. The molecule has 0 saturated carbocycles. The fourth-order valence-electron chi connectivity index (χ4n) is 4.62. The summed E-state index contributed by atoms with van der Waals surface area (Å²) in [5.41, 5.74) is 3.25. The van der Waals surface area contributed by atoms with Crippen LogP contribution in [0.15, 0.2) is 78.9 Å². The summed E-state index contributed by atoms with van der Waals surface area (Å²) in [5.74, 6) is 1.05. The Hall–Kier alpha value is -3.82. The predicted octanol–water partition coefficient (Wildman–Crippen LogP) is 3.95. The number of rotatable bonds is 6. The molecule has 9 heteroatoms. The van der Waals surface area contributed by atoms with E-state index in [-0.39, 0.29) is 11.8 Å². The van der Waals surface area contributed by atoms with Crippen LogP contribution < -0.4 is 4.90 Å². The fourth-order valence-corrected chi connectivity index (χ4v) is 5.64. The van der Waals surface area contributed by atoms with E-state index in [1.807, 2.05) is 41.1 Å². The van der Waals surface area contributed by atoms with Gasteiger partial charge in [0.2, 0.25) is 0 Å². The average molecular weight is 484 g/mol. The van der Waals surface area contributed by atoms with Crippen LogP contribution in [0.2, 0.25) is 0 Å². The number of aromatic nitrogens is 5. The fraction of sp³-hybridized carbons (Fsp3) is 0.231. The van der Waals surface area contributed by atoms with Crippen molar-refractivity contribution in [2.75, 3.05) is 31.1 Å². The molecule has 3 heterocycles. The van der Waals surface area contributed by atoms with Crippen LogP contribution in [0.3, 0.4) is 0 Å². The third kappa shape index (κ3) is 4.48. The molecule has 1 aliphatic rings. The number of para-hydroxylation sites is 1. The highest BCUT2D eigenvalue weighted by molar-refractivity contribution is 7.22. The monoisotopic (exact) mass is 483 g/mol.